The Morgan fingerprint density at radius 1 is 1.05 bits per heavy atom. The number of rotatable bonds is 5. The number of anilines is 1. The van der Waals surface area contributed by atoms with Crippen LogP contribution < -0.4 is 5.32 Å². The van der Waals surface area contributed by atoms with Crippen molar-refractivity contribution < 1.29 is 4.74 Å². The van der Waals surface area contributed by atoms with Crippen LogP contribution in [0.3, 0.4) is 0 Å². The van der Waals surface area contributed by atoms with E-state index in [2.05, 4.69) is 57.8 Å². The van der Waals surface area contributed by atoms with E-state index in [0.29, 0.717) is 17.7 Å². The first-order valence-corrected chi connectivity index (χ1v) is 7.39. The highest BCUT2D eigenvalue weighted by molar-refractivity contribution is 5.62. The van der Waals surface area contributed by atoms with Crippen molar-refractivity contribution in [3.8, 4) is 0 Å². The second kappa shape index (κ2) is 6.34. The third-order valence-electron chi connectivity index (χ3n) is 3.07. The maximum atomic E-state index is 5.81. The molecule has 20 heavy (non-hydrogen) atoms. The molecule has 2 heteroatoms. The van der Waals surface area contributed by atoms with Gasteiger partial charge in [-0.1, -0.05) is 45.9 Å². The molecule has 0 unspecified atom stereocenters. The lowest BCUT2D eigenvalue weighted by Gasteiger charge is -2.26. The molecule has 0 saturated heterocycles. The Balaban J connectivity index is 3.11. The summed E-state index contributed by atoms with van der Waals surface area (Å²) >= 11 is 0. The van der Waals surface area contributed by atoms with Crippen LogP contribution in [-0.2, 0) is 4.74 Å². The Hall–Kier alpha value is -1.44. The molecule has 1 N–H and O–H groups in total. The van der Waals surface area contributed by atoms with Crippen molar-refractivity contribution in [3.63, 3.8) is 0 Å². The average Bonchev–Trinajstić information content (AvgIpc) is 2.25. The third kappa shape index (κ3) is 4.59. The number of benzene rings is 1. The summed E-state index contributed by atoms with van der Waals surface area (Å²) in [5.41, 5.74) is 3.51. The number of ether oxygens (including phenoxy) is 1. The maximum Gasteiger partial charge on any atom is 0.184 e. The summed E-state index contributed by atoms with van der Waals surface area (Å²) in [6, 6.07) is 6.47. The average molecular weight is 275 g/mol. The molecule has 0 atom stereocenters. The molecule has 2 nitrogen and oxygen atoms in total. The highest BCUT2D eigenvalue weighted by Gasteiger charge is 2.17. The molecule has 0 amide bonds. The van der Waals surface area contributed by atoms with Gasteiger partial charge in [-0.15, -0.1) is 0 Å². The van der Waals surface area contributed by atoms with Crippen molar-refractivity contribution in [1.82, 2.24) is 0 Å². The van der Waals surface area contributed by atoms with Gasteiger partial charge >= 0.3 is 0 Å². The Morgan fingerprint density at radius 3 is 1.85 bits per heavy atom. The quantitative estimate of drug-likeness (QED) is 0.703. The number of para-hydroxylation sites is 1. The fourth-order valence-corrected chi connectivity index (χ4v) is 2.23. The molecule has 1 aromatic rings. The predicted molar refractivity (Wildman–Crippen MR) is 88.2 cm³/mol. The van der Waals surface area contributed by atoms with Gasteiger partial charge in [0.15, 0.2) is 5.88 Å². The van der Waals surface area contributed by atoms with Crippen LogP contribution in [-0.4, -0.2) is 5.60 Å². The molecule has 0 aliphatic carbocycles. The first kappa shape index (κ1) is 16.6. The van der Waals surface area contributed by atoms with Gasteiger partial charge in [0, 0.05) is 5.69 Å². The second-order valence-corrected chi connectivity index (χ2v) is 6.88. The molecule has 0 aliphatic heterocycles. The molecule has 0 bridgehead atoms. The summed E-state index contributed by atoms with van der Waals surface area (Å²) in [4.78, 5) is 0. The summed E-state index contributed by atoms with van der Waals surface area (Å²) in [5.74, 6) is 1.52. The highest BCUT2D eigenvalue weighted by Crippen LogP contribution is 2.33. The maximum absolute atomic E-state index is 5.81. The van der Waals surface area contributed by atoms with E-state index in [1.54, 1.807) is 0 Å². The molecule has 0 aromatic heterocycles. The lowest BCUT2D eigenvalue weighted by atomic mass is 9.93. The molecule has 0 heterocycles. The van der Waals surface area contributed by atoms with Crippen LogP contribution in [0.1, 0.15) is 71.4 Å². The number of hydrogen-bond acceptors (Lipinski definition) is 2. The van der Waals surface area contributed by atoms with E-state index in [1.165, 1.54) is 11.1 Å². The van der Waals surface area contributed by atoms with Gasteiger partial charge in [0.2, 0.25) is 0 Å². The molecule has 112 valence electrons. The van der Waals surface area contributed by atoms with Crippen molar-refractivity contribution in [1.29, 1.82) is 0 Å². The van der Waals surface area contributed by atoms with Crippen molar-refractivity contribution in [2.45, 2.75) is 65.9 Å². The molecule has 1 aromatic carbocycles. The number of hydrogen-bond donors (Lipinski definition) is 1. The van der Waals surface area contributed by atoms with Gasteiger partial charge < -0.3 is 10.1 Å². The predicted octanol–water partition coefficient (Wildman–Crippen LogP) is 5.63. The van der Waals surface area contributed by atoms with E-state index >= 15 is 0 Å². The fourth-order valence-electron chi connectivity index (χ4n) is 2.23. The van der Waals surface area contributed by atoms with E-state index < -0.39 is 0 Å². The summed E-state index contributed by atoms with van der Waals surface area (Å²) in [6.07, 6.45) is 0. The Kier molecular flexibility index (Phi) is 5.27. The Bertz CT molecular complexity index is 441. The van der Waals surface area contributed by atoms with Crippen molar-refractivity contribution >= 4 is 5.69 Å². The fraction of sp³-hybridized carbons (Fsp3) is 0.556. The molecule has 0 aliphatic rings. The molecular formula is C18H29NO. The van der Waals surface area contributed by atoms with Gasteiger partial charge in [-0.25, -0.2) is 0 Å². The van der Waals surface area contributed by atoms with Crippen molar-refractivity contribution in [2.75, 3.05) is 5.32 Å². The molecule has 0 saturated carbocycles. The minimum absolute atomic E-state index is 0.241. The van der Waals surface area contributed by atoms with Gasteiger partial charge in [-0.2, -0.15) is 0 Å². The smallest absolute Gasteiger partial charge is 0.184 e. The molecule has 0 fully saturated rings. The normalized spacial score (nSPS) is 11.8. The summed E-state index contributed by atoms with van der Waals surface area (Å²) in [7, 11) is 0. The van der Waals surface area contributed by atoms with Crippen LogP contribution >= 0.6 is 0 Å². The minimum Gasteiger partial charge on any atom is -0.474 e. The summed E-state index contributed by atoms with van der Waals surface area (Å²) < 4.78 is 5.81. The second-order valence-electron chi connectivity index (χ2n) is 6.88. The number of nitrogens with one attached hydrogen (secondary N) is 1. The SMILES string of the molecule is C=C(Nc1c(C(C)C)cccc1C(C)C)OC(C)(C)C. The highest BCUT2D eigenvalue weighted by atomic mass is 16.5. The molecule has 1 rings (SSSR count). The Labute approximate surface area is 124 Å². The largest absolute Gasteiger partial charge is 0.474 e. The van der Waals surface area contributed by atoms with Crippen molar-refractivity contribution in [2.24, 2.45) is 0 Å². The zero-order valence-corrected chi connectivity index (χ0v) is 14.0. The van der Waals surface area contributed by atoms with Gasteiger partial charge in [0.1, 0.15) is 5.60 Å². The van der Waals surface area contributed by atoms with E-state index in [9.17, 15) is 0 Å². The van der Waals surface area contributed by atoms with E-state index in [4.69, 9.17) is 4.74 Å². The lowest BCUT2D eigenvalue weighted by molar-refractivity contribution is 0.0564. The van der Waals surface area contributed by atoms with Gasteiger partial charge in [-0.3, -0.25) is 0 Å². The van der Waals surface area contributed by atoms with E-state index in [-0.39, 0.29) is 5.60 Å². The minimum atomic E-state index is -0.241. The Morgan fingerprint density at radius 2 is 1.50 bits per heavy atom. The van der Waals surface area contributed by atoms with Gasteiger partial charge in [0.25, 0.3) is 0 Å². The topological polar surface area (TPSA) is 21.3 Å². The lowest BCUT2D eigenvalue weighted by Crippen LogP contribution is -2.22. The van der Waals surface area contributed by atoms with Crippen LogP contribution in [0.25, 0.3) is 0 Å². The van der Waals surface area contributed by atoms with Gasteiger partial charge in [0.05, 0.1) is 0 Å². The van der Waals surface area contributed by atoms with Crippen molar-refractivity contribution in [3.05, 3.63) is 41.8 Å². The monoisotopic (exact) mass is 275 g/mol. The van der Waals surface area contributed by atoms with Crippen LogP contribution in [0.2, 0.25) is 0 Å². The summed E-state index contributed by atoms with van der Waals surface area (Å²) in [6.45, 7) is 18.9. The zero-order chi connectivity index (χ0) is 15.5. The van der Waals surface area contributed by atoms with Crippen LogP contribution in [0.5, 0.6) is 0 Å². The van der Waals surface area contributed by atoms with Crippen LogP contribution in [0, 0.1) is 0 Å². The van der Waals surface area contributed by atoms with E-state index in [0.717, 1.165) is 5.69 Å². The first-order chi connectivity index (χ1) is 9.11. The third-order valence-corrected chi connectivity index (χ3v) is 3.07. The standard InChI is InChI=1S/C18H29NO/c1-12(2)15-10-9-11-16(13(3)4)17(15)19-14(5)20-18(6,7)8/h9-13,19H,5H2,1-4,6-8H3. The molecule has 0 radical (unpaired) electrons. The van der Waals surface area contributed by atoms with Crippen LogP contribution in [0.15, 0.2) is 30.7 Å². The first-order valence-electron chi connectivity index (χ1n) is 7.39. The summed E-state index contributed by atoms with van der Waals surface area (Å²) in [5, 5.41) is 3.38. The van der Waals surface area contributed by atoms with Gasteiger partial charge in [-0.05, 0) is 50.3 Å². The van der Waals surface area contributed by atoms with Crippen LogP contribution in [0.4, 0.5) is 5.69 Å². The molecular weight excluding hydrogens is 246 g/mol. The zero-order valence-electron chi connectivity index (χ0n) is 14.0. The molecule has 0 spiro atoms. The van der Waals surface area contributed by atoms with E-state index in [1.807, 2.05) is 20.8 Å².